The molecule has 3 unspecified atom stereocenters. The molecule has 1 aliphatic heterocycles. The van der Waals surface area contributed by atoms with Gasteiger partial charge in [-0.3, -0.25) is 0 Å². The van der Waals surface area contributed by atoms with E-state index in [2.05, 4.69) is 68.8 Å². The molecule has 0 bridgehead atoms. The fraction of sp³-hybridized carbons (Fsp3) is 0.550. The number of allylic oxidation sites excluding steroid dienone is 6. The molecule has 140 valence electrons. The number of nitrogens with one attached hydrogen (secondary N) is 3. The van der Waals surface area contributed by atoms with E-state index in [9.17, 15) is 0 Å². The molecule has 0 saturated heterocycles. The van der Waals surface area contributed by atoms with Crippen LogP contribution in [0, 0.1) is 17.8 Å². The second-order valence-corrected chi connectivity index (χ2v) is 6.95. The third-order valence-corrected chi connectivity index (χ3v) is 5.21. The molecule has 0 saturated carbocycles. The van der Waals surface area contributed by atoms with E-state index < -0.39 is 0 Å². The van der Waals surface area contributed by atoms with Crippen LogP contribution in [0.4, 0.5) is 0 Å². The Bertz CT molecular complexity index is 655. The molecule has 6 nitrogen and oxygen atoms in total. The van der Waals surface area contributed by atoms with Crippen LogP contribution in [-0.2, 0) is 0 Å². The van der Waals surface area contributed by atoms with Crippen LogP contribution in [0.15, 0.2) is 50.6 Å². The zero-order chi connectivity index (χ0) is 18.2. The maximum atomic E-state index is 4.48. The van der Waals surface area contributed by atoms with E-state index in [-0.39, 0.29) is 0 Å². The van der Waals surface area contributed by atoms with Gasteiger partial charge in [-0.05, 0) is 29.9 Å². The molecule has 0 aromatic carbocycles. The van der Waals surface area contributed by atoms with Gasteiger partial charge in [-0.1, -0.05) is 44.1 Å². The lowest BCUT2D eigenvalue weighted by atomic mass is 9.68. The van der Waals surface area contributed by atoms with Gasteiger partial charge in [0.25, 0.3) is 0 Å². The van der Waals surface area contributed by atoms with Gasteiger partial charge < -0.3 is 10.7 Å². The molecule has 0 fully saturated rings. The smallest absolute Gasteiger partial charge is 0.212 e. The fourth-order valence-corrected chi connectivity index (χ4v) is 3.92. The summed E-state index contributed by atoms with van der Waals surface area (Å²) in [4.78, 5) is 4.33. The second kappa shape index (κ2) is 9.36. The van der Waals surface area contributed by atoms with Gasteiger partial charge in [-0.2, -0.15) is 10.2 Å². The maximum Gasteiger partial charge on any atom is 0.212 e. The van der Waals surface area contributed by atoms with Gasteiger partial charge in [0, 0.05) is 31.6 Å². The predicted octanol–water partition coefficient (Wildman–Crippen LogP) is 2.59. The lowest BCUT2D eigenvalue weighted by Crippen LogP contribution is -2.32. The maximum absolute atomic E-state index is 4.48. The Morgan fingerprint density at radius 2 is 2.27 bits per heavy atom. The first-order valence-corrected chi connectivity index (χ1v) is 9.69. The molecule has 0 aromatic heterocycles. The quantitative estimate of drug-likeness (QED) is 0.486. The number of aliphatic imine (C=N–C) groups is 1. The van der Waals surface area contributed by atoms with Crippen molar-refractivity contribution < 1.29 is 0 Å². The number of hydrazone groups is 2. The third-order valence-electron chi connectivity index (χ3n) is 5.21. The van der Waals surface area contributed by atoms with E-state index in [1.165, 1.54) is 30.4 Å². The Morgan fingerprint density at radius 1 is 1.35 bits per heavy atom. The van der Waals surface area contributed by atoms with Gasteiger partial charge in [0.2, 0.25) is 5.96 Å². The van der Waals surface area contributed by atoms with Gasteiger partial charge >= 0.3 is 0 Å². The second-order valence-electron chi connectivity index (χ2n) is 6.95. The Kier molecular flexibility index (Phi) is 6.63. The number of unbranched alkanes of at least 4 members (excludes halogenated alkanes) is 1. The van der Waals surface area contributed by atoms with Crippen molar-refractivity contribution in [2.24, 2.45) is 32.9 Å². The minimum atomic E-state index is 0.373. The van der Waals surface area contributed by atoms with E-state index >= 15 is 0 Å². The minimum absolute atomic E-state index is 0.373. The summed E-state index contributed by atoms with van der Waals surface area (Å²) in [6.45, 7) is 3.95. The molecule has 0 amide bonds. The molecular formula is C20H30N6. The fourth-order valence-electron chi connectivity index (χ4n) is 3.92. The predicted molar refractivity (Wildman–Crippen MR) is 109 cm³/mol. The number of hydrogen-bond donors (Lipinski definition) is 3. The monoisotopic (exact) mass is 354 g/mol. The first kappa shape index (κ1) is 18.4. The van der Waals surface area contributed by atoms with E-state index in [0.717, 1.165) is 25.5 Å². The summed E-state index contributed by atoms with van der Waals surface area (Å²) in [6.07, 6.45) is 17.6. The molecular weight excluding hydrogens is 324 g/mol. The highest BCUT2D eigenvalue weighted by molar-refractivity contribution is 5.86. The topological polar surface area (TPSA) is 73.2 Å². The van der Waals surface area contributed by atoms with Crippen LogP contribution < -0.4 is 16.2 Å². The van der Waals surface area contributed by atoms with Crippen molar-refractivity contribution in [3.63, 3.8) is 0 Å². The van der Waals surface area contributed by atoms with Crippen molar-refractivity contribution in [1.82, 2.24) is 16.2 Å². The van der Waals surface area contributed by atoms with Crippen molar-refractivity contribution in [1.29, 1.82) is 0 Å². The molecule has 0 spiro atoms. The van der Waals surface area contributed by atoms with E-state index in [1.807, 2.05) is 13.3 Å². The molecule has 3 atom stereocenters. The van der Waals surface area contributed by atoms with Crippen LogP contribution in [0.5, 0.6) is 0 Å². The Hall–Kier alpha value is -2.37. The van der Waals surface area contributed by atoms with Gasteiger partial charge in [0.05, 0.1) is 12.8 Å². The summed E-state index contributed by atoms with van der Waals surface area (Å²) in [5, 5.41) is 12.0. The molecule has 2 aliphatic carbocycles. The highest BCUT2D eigenvalue weighted by Crippen LogP contribution is 2.41. The van der Waals surface area contributed by atoms with Crippen LogP contribution in [-0.4, -0.2) is 38.5 Å². The average Bonchev–Trinajstić information content (AvgIpc) is 3.19. The van der Waals surface area contributed by atoms with Crippen LogP contribution in [0.1, 0.15) is 32.6 Å². The van der Waals surface area contributed by atoms with Gasteiger partial charge in [0.1, 0.15) is 0 Å². The molecule has 1 heterocycles. The number of guanidine groups is 1. The zero-order valence-electron chi connectivity index (χ0n) is 15.8. The third kappa shape index (κ3) is 4.42. The van der Waals surface area contributed by atoms with E-state index in [4.69, 9.17) is 0 Å². The van der Waals surface area contributed by atoms with E-state index in [0.29, 0.717) is 17.8 Å². The lowest BCUT2D eigenvalue weighted by molar-refractivity contribution is 0.388. The number of fused-ring (bicyclic) bond motifs is 1. The number of nitrogens with zero attached hydrogens (tertiary/aromatic N) is 3. The van der Waals surface area contributed by atoms with Crippen LogP contribution in [0.3, 0.4) is 0 Å². The molecule has 0 radical (unpaired) electrons. The normalized spacial score (nSPS) is 27.8. The SMILES string of the molecule is CCCCC1CC(/C=N/NC)C2C=CC=CC2=C1/C=N/NC1=NCCN1. The highest BCUT2D eigenvalue weighted by Gasteiger charge is 2.33. The summed E-state index contributed by atoms with van der Waals surface area (Å²) in [5.74, 6) is 2.07. The number of rotatable bonds is 7. The largest absolute Gasteiger partial charge is 0.353 e. The average molecular weight is 355 g/mol. The molecule has 26 heavy (non-hydrogen) atoms. The summed E-state index contributed by atoms with van der Waals surface area (Å²) in [7, 11) is 1.85. The summed E-state index contributed by atoms with van der Waals surface area (Å²) in [6, 6.07) is 0. The lowest BCUT2D eigenvalue weighted by Gasteiger charge is -2.36. The Labute approximate surface area is 156 Å². The highest BCUT2D eigenvalue weighted by atomic mass is 15.4. The molecule has 3 rings (SSSR count). The van der Waals surface area contributed by atoms with Crippen molar-refractivity contribution in [2.45, 2.75) is 32.6 Å². The molecule has 3 N–H and O–H groups in total. The van der Waals surface area contributed by atoms with Gasteiger partial charge in [0.15, 0.2) is 0 Å². The molecule has 6 heteroatoms. The van der Waals surface area contributed by atoms with Crippen molar-refractivity contribution in [2.75, 3.05) is 20.1 Å². The van der Waals surface area contributed by atoms with Crippen LogP contribution in [0.25, 0.3) is 0 Å². The summed E-state index contributed by atoms with van der Waals surface area (Å²) in [5.41, 5.74) is 8.67. The standard InChI is InChI=1S/C20H30N6/c1-3-4-7-15-12-16(13-24-21-2)17-8-5-6-9-18(17)19(15)14-25-26-20-22-10-11-23-20/h5-6,8-9,13-17,21H,3-4,7,10-12H2,1-2H3,(H2,22,23,26)/b24-13+,25-14+. The van der Waals surface area contributed by atoms with Crippen molar-refractivity contribution >= 4 is 18.4 Å². The van der Waals surface area contributed by atoms with Gasteiger partial charge in [-0.15, -0.1) is 0 Å². The zero-order valence-corrected chi connectivity index (χ0v) is 15.8. The first-order valence-electron chi connectivity index (χ1n) is 9.69. The van der Waals surface area contributed by atoms with Gasteiger partial charge in [-0.25, -0.2) is 10.4 Å². The minimum Gasteiger partial charge on any atom is -0.353 e. The van der Waals surface area contributed by atoms with Crippen molar-refractivity contribution in [3.8, 4) is 0 Å². The molecule has 3 aliphatic rings. The first-order chi connectivity index (χ1) is 12.8. The van der Waals surface area contributed by atoms with Crippen LogP contribution >= 0.6 is 0 Å². The number of hydrogen-bond acceptors (Lipinski definition) is 6. The Morgan fingerprint density at radius 3 is 3.04 bits per heavy atom. The summed E-state index contributed by atoms with van der Waals surface area (Å²) < 4.78 is 0. The Balaban J connectivity index is 1.85. The van der Waals surface area contributed by atoms with Crippen LogP contribution in [0.2, 0.25) is 0 Å². The van der Waals surface area contributed by atoms with E-state index in [1.54, 1.807) is 0 Å². The van der Waals surface area contributed by atoms with Crippen molar-refractivity contribution in [3.05, 3.63) is 35.5 Å². The summed E-state index contributed by atoms with van der Waals surface area (Å²) >= 11 is 0. The molecule has 0 aromatic rings.